The number of hydrogen-bond donors (Lipinski definition) is 0. The van der Waals surface area contributed by atoms with E-state index in [-0.39, 0.29) is 5.43 Å². The molecule has 0 saturated heterocycles. The topological polar surface area (TPSA) is 51.6 Å². The van der Waals surface area contributed by atoms with Crippen LogP contribution in [0.25, 0.3) is 11.3 Å². The van der Waals surface area contributed by atoms with E-state index in [1.807, 2.05) is 29.7 Å². The third-order valence-corrected chi connectivity index (χ3v) is 3.61. The van der Waals surface area contributed by atoms with E-state index in [0.29, 0.717) is 16.4 Å². The van der Waals surface area contributed by atoms with Gasteiger partial charge in [0.15, 0.2) is 5.69 Å². The maximum atomic E-state index is 12.1. The van der Waals surface area contributed by atoms with Gasteiger partial charge in [0.05, 0.1) is 11.4 Å². The molecular formula is C15H13ClN4O. The summed E-state index contributed by atoms with van der Waals surface area (Å²) >= 11 is 5.83. The number of aryl methyl sites for hydroxylation is 1. The molecule has 2 aliphatic rings. The molecule has 0 unspecified atom stereocenters. The quantitative estimate of drug-likeness (QED) is 0.662. The summed E-state index contributed by atoms with van der Waals surface area (Å²) in [7, 11) is 3.79. The molecule has 0 saturated carbocycles. The molecule has 1 heterocycles. The number of nitrogens with zero attached hydrogens (tertiary/aromatic N) is 4. The van der Waals surface area contributed by atoms with Gasteiger partial charge in [0.2, 0.25) is 5.43 Å². The number of hydrogen-bond acceptors (Lipinski definition) is 3. The second-order valence-electron chi connectivity index (χ2n) is 4.75. The van der Waals surface area contributed by atoms with Crippen molar-refractivity contribution in [3.63, 3.8) is 0 Å². The van der Waals surface area contributed by atoms with Gasteiger partial charge in [0.25, 0.3) is 0 Å². The lowest BCUT2D eigenvalue weighted by atomic mass is 10.1. The number of halogens is 1. The van der Waals surface area contributed by atoms with Crippen molar-refractivity contribution < 1.29 is 0 Å². The van der Waals surface area contributed by atoms with E-state index < -0.39 is 0 Å². The standard InChI is InChI=1S/C15H13ClN4O/c1-19-9-10-3-8-13(21)14(15(10)20(19)2)18-17-12-6-4-11(16)5-7-12/h3-9H,1-2H3. The van der Waals surface area contributed by atoms with Crippen molar-refractivity contribution in [1.82, 2.24) is 9.36 Å². The Morgan fingerprint density at radius 2 is 1.71 bits per heavy atom. The number of benzene rings is 2. The minimum absolute atomic E-state index is 0.151. The third kappa shape index (κ3) is 2.48. The zero-order chi connectivity index (χ0) is 15.0. The van der Waals surface area contributed by atoms with Gasteiger partial charge in [0.1, 0.15) is 0 Å². The van der Waals surface area contributed by atoms with Crippen LogP contribution in [-0.4, -0.2) is 9.36 Å². The molecule has 0 N–H and O–H groups in total. The Hall–Kier alpha value is -2.40. The third-order valence-electron chi connectivity index (χ3n) is 3.36. The van der Waals surface area contributed by atoms with Gasteiger partial charge in [-0.3, -0.25) is 14.2 Å². The fourth-order valence-corrected chi connectivity index (χ4v) is 2.30. The lowest BCUT2D eigenvalue weighted by molar-refractivity contribution is 0.603. The van der Waals surface area contributed by atoms with Crippen LogP contribution in [0.5, 0.6) is 0 Å². The predicted molar refractivity (Wildman–Crippen MR) is 82.9 cm³/mol. The molecule has 21 heavy (non-hydrogen) atoms. The maximum absolute atomic E-state index is 12.1. The summed E-state index contributed by atoms with van der Waals surface area (Å²) < 4.78 is 3.76. The van der Waals surface area contributed by atoms with E-state index >= 15 is 0 Å². The Kier molecular flexibility index (Phi) is 3.35. The van der Waals surface area contributed by atoms with Gasteiger partial charge in [0, 0.05) is 30.9 Å². The van der Waals surface area contributed by atoms with E-state index in [2.05, 4.69) is 10.2 Å². The van der Waals surface area contributed by atoms with Gasteiger partial charge in [-0.25, -0.2) is 0 Å². The molecule has 0 bridgehead atoms. The summed E-state index contributed by atoms with van der Waals surface area (Å²) in [6, 6.07) is 10.3. The first-order valence-electron chi connectivity index (χ1n) is 6.39. The summed E-state index contributed by atoms with van der Waals surface area (Å²) in [6.45, 7) is 0. The van der Waals surface area contributed by atoms with Crippen LogP contribution in [0.3, 0.4) is 0 Å². The van der Waals surface area contributed by atoms with Crippen LogP contribution in [0.2, 0.25) is 5.02 Å². The summed E-state index contributed by atoms with van der Waals surface area (Å²) in [5.74, 6) is 0. The van der Waals surface area contributed by atoms with E-state index in [4.69, 9.17) is 11.6 Å². The van der Waals surface area contributed by atoms with Crippen LogP contribution < -0.4 is 5.43 Å². The lowest BCUT2D eigenvalue weighted by Gasteiger charge is -2.05. The number of azo groups is 1. The summed E-state index contributed by atoms with van der Waals surface area (Å²) in [6.07, 6.45) is 1.94. The van der Waals surface area contributed by atoms with Gasteiger partial charge < -0.3 is 0 Å². The van der Waals surface area contributed by atoms with Crippen LogP contribution in [-0.2, 0) is 14.1 Å². The second-order valence-corrected chi connectivity index (χ2v) is 5.19. The molecule has 0 radical (unpaired) electrons. The van der Waals surface area contributed by atoms with Crippen LogP contribution in [0.15, 0.2) is 57.6 Å². The normalized spacial score (nSPS) is 11.6. The monoisotopic (exact) mass is 300 g/mol. The molecule has 1 aromatic rings. The van der Waals surface area contributed by atoms with Crippen LogP contribution in [0.4, 0.5) is 11.4 Å². The Labute approximate surface area is 126 Å². The van der Waals surface area contributed by atoms with E-state index in [1.165, 1.54) is 6.07 Å². The lowest BCUT2D eigenvalue weighted by Crippen LogP contribution is -2.06. The molecule has 6 heteroatoms. The zero-order valence-corrected chi connectivity index (χ0v) is 12.4. The first kappa shape index (κ1) is 13.6. The number of fused-ring (bicyclic) bond motifs is 1. The van der Waals surface area contributed by atoms with Gasteiger partial charge in [-0.1, -0.05) is 11.6 Å². The highest BCUT2D eigenvalue weighted by Crippen LogP contribution is 2.30. The highest BCUT2D eigenvalue weighted by Gasteiger charge is 2.16. The van der Waals surface area contributed by atoms with Gasteiger partial charge in [-0.05, 0) is 36.4 Å². The van der Waals surface area contributed by atoms with Gasteiger partial charge >= 0.3 is 0 Å². The summed E-state index contributed by atoms with van der Waals surface area (Å²) in [4.78, 5) is 12.1. The van der Waals surface area contributed by atoms with E-state index in [0.717, 1.165) is 11.3 Å². The molecular weight excluding hydrogens is 288 g/mol. The molecule has 0 spiro atoms. The highest BCUT2D eigenvalue weighted by molar-refractivity contribution is 6.30. The molecule has 5 nitrogen and oxygen atoms in total. The average molecular weight is 301 g/mol. The van der Waals surface area contributed by atoms with Gasteiger partial charge in [-0.15, -0.1) is 5.11 Å². The van der Waals surface area contributed by atoms with E-state index in [1.54, 1.807) is 30.3 Å². The van der Waals surface area contributed by atoms with Crippen molar-refractivity contribution in [3.8, 4) is 11.3 Å². The molecule has 0 atom stereocenters. The zero-order valence-electron chi connectivity index (χ0n) is 11.6. The maximum Gasteiger partial charge on any atom is 0.208 e. The van der Waals surface area contributed by atoms with Crippen LogP contribution >= 0.6 is 11.6 Å². The largest absolute Gasteiger partial charge is 0.295 e. The number of rotatable bonds is 2. The van der Waals surface area contributed by atoms with Crippen LogP contribution in [0.1, 0.15) is 0 Å². The second kappa shape index (κ2) is 5.18. The van der Waals surface area contributed by atoms with Crippen molar-refractivity contribution in [1.29, 1.82) is 0 Å². The predicted octanol–water partition coefficient (Wildman–Crippen LogP) is 3.90. The molecule has 0 aromatic heterocycles. The fourth-order valence-electron chi connectivity index (χ4n) is 2.18. The minimum atomic E-state index is -0.151. The molecule has 106 valence electrons. The van der Waals surface area contributed by atoms with Crippen molar-refractivity contribution >= 4 is 23.0 Å². The molecule has 1 aromatic carbocycles. The SMILES string of the molecule is Cn1cc2ccc(=O)c(N=Nc3ccc(Cl)cc3)c-2n1C. The van der Waals surface area contributed by atoms with Crippen molar-refractivity contribution in [3.05, 3.63) is 57.8 Å². The molecule has 3 rings (SSSR count). The Morgan fingerprint density at radius 3 is 2.43 bits per heavy atom. The molecule has 0 amide bonds. The molecule has 1 aliphatic heterocycles. The molecule has 1 aliphatic carbocycles. The van der Waals surface area contributed by atoms with Crippen molar-refractivity contribution in [2.75, 3.05) is 0 Å². The average Bonchev–Trinajstić information content (AvgIpc) is 2.76. The first-order chi connectivity index (χ1) is 10.1. The van der Waals surface area contributed by atoms with Gasteiger partial charge in [-0.2, -0.15) is 5.11 Å². The van der Waals surface area contributed by atoms with E-state index in [9.17, 15) is 4.79 Å². The smallest absolute Gasteiger partial charge is 0.208 e. The van der Waals surface area contributed by atoms with Crippen molar-refractivity contribution in [2.45, 2.75) is 0 Å². The number of aromatic nitrogens is 2. The Balaban J connectivity index is 2.10. The van der Waals surface area contributed by atoms with Crippen molar-refractivity contribution in [2.24, 2.45) is 24.3 Å². The first-order valence-corrected chi connectivity index (χ1v) is 6.77. The minimum Gasteiger partial charge on any atom is -0.295 e. The fraction of sp³-hybridized carbons (Fsp3) is 0.133. The summed E-state index contributed by atoms with van der Waals surface area (Å²) in [5, 5.41) is 8.90. The Bertz CT molecular complexity index is 845. The summed E-state index contributed by atoms with van der Waals surface area (Å²) in [5.41, 5.74) is 2.55. The Morgan fingerprint density at radius 1 is 1.00 bits per heavy atom. The molecule has 0 fully saturated rings. The highest BCUT2D eigenvalue weighted by atomic mass is 35.5. The van der Waals surface area contributed by atoms with Crippen LogP contribution in [0, 0.1) is 0 Å².